The van der Waals surface area contributed by atoms with Gasteiger partial charge < -0.3 is 9.72 Å². The molecular weight excluding hydrogens is 292 g/mol. The monoisotopic (exact) mass is 312 g/mol. The van der Waals surface area contributed by atoms with E-state index in [1.165, 1.54) is 5.56 Å². The standard InChI is InChI=1S/C18H20N2OS/c1-14-6-4-7-15(12-14)21-10-5-11-22-13-18-19-16-8-2-3-9-17(16)20-18/h2-4,6-9,12H,5,10-11,13H2,1H3,(H,19,20). The maximum Gasteiger partial charge on any atom is 0.119 e. The number of hydrogen-bond donors (Lipinski definition) is 1. The van der Waals surface area contributed by atoms with Gasteiger partial charge in [-0.1, -0.05) is 24.3 Å². The highest BCUT2D eigenvalue weighted by atomic mass is 32.2. The lowest BCUT2D eigenvalue weighted by atomic mass is 10.2. The third kappa shape index (κ3) is 4.04. The van der Waals surface area contributed by atoms with Gasteiger partial charge in [0, 0.05) is 0 Å². The van der Waals surface area contributed by atoms with Crippen molar-refractivity contribution in [3.8, 4) is 5.75 Å². The average molecular weight is 312 g/mol. The molecule has 22 heavy (non-hydrogen) atoms. The van der Waals surface area contributed by atoms with E-state index in [-0.39, 0.29) is 0 Å². The lowest BCUT2D eigenvalue weighted by Gasteiger charge is -2.06. The zero-order valence-electron chi connectivity index (χ0n) is 12.7. The molecule has 0 unspecified atom stereocenters. The maximum atomic E-state index is 5.75. The molecule has 0 radical (unpaired) electrons. The van der Waals surface area contributed by atoms with Crippen molar-refractivity contribution in [3.63, 3.8) is 0 Å². The minimum atomic E-state index is 0.760. The summed E-state index contributed by atoms with van der Waals surface area (Å²) in [5.74, 6) is 4.00. The highest BCUT2D eigenvalue weighted by Gasteiger charge is 2.02. The summed E-state index contributed by atoms with van der Waals surface area (Å²) in [5.41, 5.74) is 3.39. The van der Waals surface area contributed by atoms with Crippen molar-refractivity contribution in [1.29, 1.82) is 0 Å². The number of fused-ring (bicyclic) bond motifs is 1. The summed E-state index contributed by atoms with van der Waals surface area (Å²) < 4.78 is 5.75. The Bertz CT molecular complexity index is 706. The molecule has 1 heterocycles. The first kappa shape index (κ1) is 15.0. The molecule has 1 aromatic heterocycles. The minimum absolute atomic E-state index is 0.760. The molecule has 3 rings (SSSR count). The van der Waals surface area contributed by atoms with Gasteiger partial charge in [-0.3, -0.25) is 0 Å². The van der Waals surface area contributed by atoms with Gasteiger partial charge in [0.2, 0.25) is 0 Å². The molecule has 0 saturated heterocycles. The van der Waals surface area contributed by atoms with Crippen LogP contribution in [-0.4, -0.2) is 22.3 Å². The van der Waals surface area contributed by atoms with Crippen LogP contribution in [0.5, 0.6) is 5.75 Å². The second-order valence-electron chi connectivity index (χ2n) is 5.27. The number of para-hydroxylation sites is 2. The molecule has 3 aromatic rings. The normalized spacial score (nSPS) is 11.0. The molecule has 0 aliphatic heterocycles. The van der Waals surface area contributed by atoms with Crippen molar-refractivity contribution in [2.45, 2.75) is 19.1 Å². The van der Waals surface area contributed by atoms with Gasteiger partial charge in [0.15, 0.2) is 0 Å². The molecule has 0 spiro atoms. The van der Waals surface area contributed by atoms with Crippen LogP contribution in [0.1, 0.15) is 17.8 Å². The van der Waals surface area contributed by atoms with Crippen molar-refractivity contribution in [2.24, 2.45) is 0 Å². The summed E-state index contributed by atoms with van der Waals surface area (Å²) in [4.78, 5) is 7.94. The summed E-state index contributed by atoms with van der Waals surface area (Å²) in [5, 5.41) is 0. The number of aromatic amines is 1. The van der Waals surface area contributed by atoms with Gasteiger partial charge in [-0.25, -0.2) is 4.98 Å². The summed E-state index contributed by atoms with van der Waals surface area (Å²) in [7, 11) is 0. The van der Waals surface area contributed by atoms with E-state index in [0.717, 1.165) is 47.1 Å². The topological polar surface area (TPSA) is 37.9 Å². The van der Waals surface area contributed by atoms with E-state index in [0.29, 0.717) is 0 Å². The fourth-order valence-electron chi connectivity index (χ4n) is 2.30. The Kier molecular flexibility index (Phi) is 5.01. The van der Waals surface area contributed by atoms with E-state index in [1.807, 2.05) is 42.1 Å². The van der Waals surface area contributed by atoms with Gasteiger partial charge in [0.05, 0.1) is 23.4 Å². The van der Waals surface area contributed by atoms with Crippen molar-refractivity contribution in [3.05, 3.63) is 59.9 Å². The number of nitrogens with one attached hydrogen (secondary N) is 1. The number of aryl methyl sites for hydroxylation is 1. The number of nitrogens with zero attached hydrogens (tertiary/aromatic N) is 1. The van der Waals surface area contributed by atoms with Crippen molar-refractivity contribution in [1.82, 2.24) is 9.97 Å². The minimum Gasteiger partial charge on any atom is -0.494 e. The van der Waals surface area contributed by atoms with Crippen LogP contribution in [0.3, 0.4) is 0 Å². The number of H-pyrrole nitrogens is 1. The molecule has 3 nitrogen and oxygen atoms in total. The first-order valence-corrected chi connectivity index (χ1v) is 8.67. The Morgan fingerprint density at radius 1 is 1.14 bits per heavy atom. The fourth-order valence-corrected chi connectivity index (χ4v) is 3.10. The lowest BCUT2D eigenvalue weighted by molar-refractivity contribution is 0.318. The van der Waals surface area contributed by atoms with Gasteiger partial charge in [0.25, 0.3) is 0 Å². The van der Waals surface area contributed by atoms with Gasteiger partial charge >= 0.3 is 0 Å². The van der Waals surface area contributed by atoms with E-state index in [1.54, 1.807) is 0 Å². The van der Waals surface area contributed by atoms with Crippen LogP contribution < -0.4 is 4.74 Å². The van der Waals surface area contributed by atoms with Gasteiger partial charge in [-0.15, -0.1) is 0 Å². The van der Waals surface area contributed by atoms with Crippen LogP contribution in [0.4, 0.5) is 0 Å². The molecule has 4 heteroatoms. The van der Waals surface area contributed by atoms with Crippen LogP contribution in [0.2, 0.25) is 0 Å². The molecule has 0 aliphatic rings. The molecule has 0 atom stereocenters. The summed E-state index contributed by atoms with van der Waals surface area (Å²) >= 11 is 1.89. The van der Waals surface area contributed by atoms with E-state index >= 15 is 0 Å². The van der Waals surface area contributed by atoms with E-state index in [4.69, 9.17) is 4.74 Å². The Balaban J connectivity index is 1.37. The first-order valence-electron chi connectivity index (χ1n) is 7.52. The Morgan fingerprint density at radius 3 is 2.91 bits per heavy atom. The van der Waals surface area contributed by atoms with Crippen LogP contribution in [-0.2, 0) is 5.75 Å². The third-order valence-electron chi connectivity index (χ3n) is 3.37. The first-order chi connectivity index (χ1) is 10.8. The predicted molar refractivity (Wildman–Crippen MR) is 93.5 cm³/mol. The Hall–Kier alpha value is -1.94. The Labute approximate surface area is 135 Å². The summed E-state index contributed by atoms with van der Waals surface area (Å²) in [6.07, 6.45) is 1.04. The van der Waals surface area contributed by atoms with Crippen LogP contribution >= 0.6 is 11.8 Å². The quantitative estimate of drug-likeness (QED) is 0.649. The zero-order chi connectivity index (χ0) is 15.2. The molecule has 114 valence electrons. The summed E-state index contributed by atoms with van der Waals surface area (Å²) in [6, 6.07) is 16.3. The van der Waals surface area contributed by atoms with Crippen LogP contribution in [0.25, 0.3) is 11.0 Å². The maximum absolute atomic E-state index is 5.75. The number of thioether (sulfide) groups is 1. The highest BCUT2D eigenvalue weighted by molar-refractivity contribution is 7.98. The fraction of sp³-hybridized carbons (Fsp3) is 0.278. The number of benzene rings is 2. The van der Waals surface area contributed by atoms with Crippen molar-refractivity contribution < 1.29 is 4.74 Å². The van der Waals surface area contributed by atoms with E-state index < -0.39 is 0 Å². The van der Waals surface area contributed by atoms with E-state index in [9.17, 15) is 0 Å². The summed E-state index contributed by atoms with van der Waals surface area (Å²) in [6.45, 7) is 2.84. The smallest absolute Gasteiger partial charge is 0.119 e. The highest BCUT2D eigenvalue weighted by Crippen LogP contribution is 2.16. The van der Waals surface area contributed by atoms with Gasteiger partial charge in [-0.2, -0.15) is 11.8 Å². The second-order valence-corrected chi connectivity index (χ2v) is 6.38. The molecule has 1 N–H and O–H groups in total. The van der Waals surface area contributed by atoms with Crippen molar-refractivity contribution in [2.75, 3.05) is 12.4 Å². The number of hydrogen-bond acceptors (Lipinski definition) is 3. The van der Waals surface area contributed by atoms with E-state index in [2.05, 4.69) is 35.1 Å². The molecule has 0 bridgehead atoms. The molecule has 2 aromatic carbocycles. The molecule has 0 aliphatic carbocycles. The number of imidazole rings is 1. The van der Waals surface area contributed by atoms with Crippen molar-refractivity contribution >= 4 is 22.8 Å². The number of aromatic nitrogens is 2. The Morgan fingerprint density at radius 2 is 2.05 bits per heavy atom. The van der Waals surface area contributed by atoms with Crippen LogP contribution in [0, 0.1) is 6.92 Å². The molecular formula is C18H20N2OS. The van der Waals surface area contributed by atoms with Crippen LogP contribution in [0.15, 0.2) is 48.5 Å². The SMILES string of the molecule is Cc1cccc(OCCCSCc2nc3ccccc3[nH]2)c1. The average Bonchev–Trinajstić information content (AvgIpc) is 2.93. The molecule has 0 fully saturated rings. The number of ether oxygens (including phenoxy) is 1. The number of rotatable bonds is 7. The zero-order valence-corrected chi connectivity index (χ0v) is 13.5. The molecule has 0 saturated carbocycles. The van der Waals surface area contributed by atoms with Gasteiger partial charge in [-0.05, 0) is 48.9 Å². The van der Waals surface area contributed by atoms with Gasteiger partial charge in [0.1, 0.15) is 11.6 Å². The molecule has 0 amide bonds. The lowest BCUT2D eigenvalue weighted by Crippen LogP contribution is -1.99. The largest absolute Gasteiger partial charge is 0.494 e. The predicted octanol–water partition coefficient (Wildman–Crippen LogP) is 4.57. The second kappa shape index (κ2) is 7.36. The third-order valence-corrected chi connectivity index (χ3v) is 4.42.